The normalized spacial score (nSPS) is 12.4. The molecule has 0 atom stereocenters. The molecule has 0 spiro atoms. The highest BCUT2D eigenvalue weighted by Crippen LogP contribution is 2.09. The molecule has 0 aliphatic rings. The van der Waals surface area contributed by atoms with Crippen molar-refractivity contribution in [3.8, 4) is 0 Å². The average Bonchev–Trinajstić information content (AvgIpc) is 2.54. The van der Waals surface area contributed by atoms with Gasteiger partial charge in [0.2, 0.25) is 0 Å². The van der Waals surface area contributed by atoms with Crippen LogP contribution in [0.2, 0.25) is 0 Å². The van der Waals surface area contributed by atoms with Gasteiger partial charge >= 0.3 is 10.2 Å². The van der Waals surface area contributed by atoms with Crippen molar-refractivity contribution in [3.63, 3.8) is 0 Å². The van der Waals surface area contributed by atoms with Gasteiger partial charge < -0.3 is 0 Å². The molecule has 1 aromatic rings. The van der Waals surface area contributed by atoms with Crippen LogP contribution in [-0.4, -0.2) is 36.0 Å². The molecular weight excluding hydrogens is 204 g/mol. The van der Waals surface area contributed by atoms with E-state index >= 15 is 0 Å². The highest BCUT2D eigenvalue weighted by atomic mass is 32.2. The van der Waals surface area contributed by atoms with Crippen molar-refractivity contribution < 1.29 is 8.42 Å². The predicted molar refractivity (Wildman–Crippen MR) is 54.0 cm³/mol. The molecule has 80 valence electrons. The Hall–Kier alpha value is -1.08. The van der Waals surface area contributed by atoms with Gasteiger partial charge in [-0.15, -0.1) is 0 Å². The number of H-pyrrole nitrogens is 1. The van der Waals surface area contributed by atoms with Crippen molar-refractivity contribution in [1.82, 2.24) is 14.5 Å². The monoisotopic (exact) mass is 218 g/mol. The van der Waals surface area contributed by atoms with Crippen molar-refractivity contribution >= 4 is 15.9 Å². The van der Waals surface area contributed by atoms with E-state index in [0.29, 0.717) is 5.69 Å². The molecule has 14 heavy (non-hydrogen) atoms. The molecule has 6 nitrogen and oxygen atoms in total. The van der Waals surface area contributed by atoms with E-state index in [0.717, 1.165) is 0 Å². The van der Waals surface area contributed by atoms with Crippen LogP contribution in [0.15, 0.2) is 12.4 Å². The molecule has 0 radical (unpaired) electrons. The number of aromatic amines is 1. The second-order valence-corrected chi connectivity index (χ2v) is 4.93. The number of aromatic nitrogens is 2. The summed E-state index contributed by atoms with van der Waals surface area (Å²) >= 11 is 0. The van der Waals surface area contributed by atoms with Crippen molar-refractivity contribution in [2.75, 3.05) is 11.8 Å². The molecule has 0 aromatic carbocycles. The van der Waals surface area contributed by atoms with Crippen LogP contribution in [-0.2, 0) is 10.2 Å². The molecule has 1 heterocycles. The molecule has 7 heteroatoms. The van der Waals surface area contributed by atoms with Gasteiger partial charge in [0.1, 0.15) is 0 Å². The molecule has 0 amide bonds. The second kappa shape index (κ2) is 3.97. The third-order valence-electron chi connectivity index (χ3n) is 1.85. The van der Waals surface area contributed by atoms with Gasteiger partial charge in [-0.05, 0) is 13.8 Å². The number of rotatable bonds is 4. The molecule has 1 aromatic heterocycles. The Kier molecular flexibility index (Phi) is 3.12. The maximum atomic E-state index is 11.6. The summed E-state index contributed by atoms with van der Waals surface area (Å²) in [6, 6.07) is -0.0839. The number of nitrogens with zero attached hydrogens (tertiary/aromatic N) is 2. The van der Waals surface area contributed by atoms with Crippen LogP contribution in [0.3, 0.4) is 0 Å². The van der Waals surface area contributed by atoms with Crippen molar-refractivity contribution in [3.05, 3.63) is 12.4 Å². The maximum absolute atomic E-state index is 11.6. The molecule has 0 saturated heterocycles. The molecule has 0 unspecified atom stereocenters. The molecule has 0 aliphatic heterocycles. The summed E-state index contributed by atoms with van der Waals surface area (Å²) in [5, 5.41) is 6.17. The van der Waals surface area contributed by atoms with E-state index in [4.69, 9.17) is 0 Å². The first-order valence-electron chi connectivity index (χ1n) is 4.18. The van der Waals surface area contributed by atoms with Crippen LogP contribution in [0.5, 0.6) is 0 Å². The van der Waals surface area contributed by atoms with Gasteiger partial charge in [0.25, 0.3) is 0 Å². The number of anilines is 1. The smallest absolute Gasteiger partial charge is 0.284 e. The molecule has 0 fully saturated rings. The fraction of sp³-hybridized carbons (Fsp3) is 0.571. The Morgan fingerprint density at radius 3 is 2.64 bits per heavy atom. The van der Waals surface area contributed by atoms with E-state index < -0.39 is 10.2 Å². The zero-order valence-corrected chi connectivity index (χ0v) is 9.17. The van der Waals surface area contributed by atoms with Crippen LogP contribution in [0.25, 0.3) is 0 Å². The Balaban J connectivity index is 2.77. The lowest BCUT2D eigenvalue weighted by atomic mass is 10.4. The Morgan fingerprint density at radius 1 is 1.57 bits per heavy atom. The summed E-state index contributed by atoms with van der Waals surface area (Å²) in [5.41, 5.74) is 0.428. The van der Waals surface area contributed by atoms with Gasteiger partial charge in [-0.2, -0.15) is 17.8 Å². The van der Waals surface area contributed by atoms with Gasteiger partial charge in [0.05, 0.1) is 11.9 Å². The maximum Gasteiger partial charge on any atom is 0.301 e. The zero-order chi connectivity index (χ0) is 10.8. The van der Waals surface area contributed by atoms with Crippen LogP contribution in [0.4, 0.5) is 5.69 Å². The van der Waals surface area contributed by atoms with E-state index in [1.165, 1.54) is 23.7 Å². The van der Waals surface area contributed by atoms with Crippen LogP contribution in [0.1, 0.15) is 13.8 Å². The minimum atomic E-state index is -3.46. The molecule has 0 saturated carbocycles. The fourth-order valence-electron chi connectivity index (χ4n) is 0.805. The first-order chi connectivity index (χ1) is 6.43. The molecule has 0 bridgehead atoms. The van der Waals surface area contributed by atoms with Crippen molar-refractivity contribution in [2.45, 2.75) is 19.9 Å². The quantitative estimate of drug-likeness (QED) is 0.768. The number of hydrogen-bond donors (Lipinski definition) is 2. The van der Waals surface area contributed by atoms with E-state index in [2.05, 4.69) is 14.9 Å². The van der Waals surface area contributed by atoms with E-state index in [1.54, 1.807) is 13.8 Å². The standard InChI is InChI=1S/C7H14N4O2S/c1-6(2)11(3)14(12,13)10-7-4-8-9-5-7/h4-6,10H,1-3H3,(H,8,9). The summed E-state index contributed by atoms with van der Waals surface area (Å²) < 4.78 is 26.9. The summed E-state index contributed by atoms with van der Waals surface area (Å²) in [6.45, 7) is 3.60. The third-order valence-corrected chi connectivity index (χ3v) is 3.52. The second-order valence-electron chi connectivity index (χ2n) is 3.20. The number of nitrogens with one attached hydrogen (secondary N) is 2. The van der Waals surface area contributed by atoms with Gasteiger partial charge in [0, 0.05) is 19.3 Å². The lowest BCUT2D eigenvalue weighted by Crippen LogP contribution is -2.37. The molecular formula is C7H14N4O2S. The average molecular weight is 218 g/mol. The first-order valence-corrected chi connectivity index (χ1v) is 5.62. The summed E-state index contributed by atoms with van der Waals surface area (Å²) in [6.07, 6.45) is 2.89. The van der Waals surface area contributed by atoms with Gasteiger partial charge in [-0.25, -0.2) is 0 Å². The topological polar surface area (TPSA) is 78.1 Å². The van der Waals surface area contributed by atoms with E-state index in [9.17, 15) is 8.42 Å². The van der Waals surface area contributed by atoms with Crippen LogP contribution < -0.4 is 4.72 Å². The largest absolute Gasteiger partial charge is 0.301 e. The van der Waals surface area contributed by atoms with E-state index in [-0.39, 0.29) is 6.04 Å². The Labute approximate surface area is 83.5 Å². The lowest BCUT2D eigenvalue weighted by Gasteiger charge is -2.20. The lowest BCUT2D eigenvalue weighted by molar-refractivity contribution is 0.414. The van der Waals surface area contributed by atoms with Crippen molar-refractivity contribution in [1.29, 1.82) is 0 Å². The summed E-state index contributed by atoms with van der Waals surface area (Å²) in [7, 11) is -1.94. The van der Waals surface area contributed by atoms with Crippen molar-refractivity contribution in [2.24, 2.45) is 0 Å². The Morgan fingerprint density at radius 2 is 2.21 bits per heavy atom. The van der Waals surface area contributed by atoms with E-state index in [1.807, 2.05) is 0 Å². The molecule has 1 rings (SSSR count). The van der Waals surface area contributed by atoms with Gasteiger partial charge in [-0.3, -0.25) is 9.82 Å². The zero-order valence-electron chi connectivity index (χ0n) is 8.35. The fourth-order valence-corrected chi connectivity index (χ4v) is 1.91. The number of hydrogen-bond acceptors (Lipinski definition) is 3. The minimum Gasteiger partial charge on any atom is -0.284 e. The third kappa shape index (κ3) is 2.46. The Bertz CT molecular complexity index is 370. The highest BCUT2D eigenvalue weighted by Gasteiger charge is 2.20. The molecule has 0 aliphatic carbocycles. The highest BCUT2D eigenvalue weighted by molar-refractivity contribution is 7.90. The SMILES string of the molecule is CC(C)N(C)S(=O)(=O)Nc1cn[nH]c1. The minimum absolute atomic E-state index is 0.0839. The summed E-state index contributed by atoms with van der Waals surface area (Å²) in [5.74, 6) is 0. The van der Waals surface area contributed by atoms with Crippen LogP contribution in [0, 0.1) is 0 Å². The van der Waals surface area contributed by atoms with Gasteiger partial charge in [-0.1, -0.05) is 0 Å². The van der Waals surface area contributed by atoms with Crippen LogP contribution >= 0.6 is 0 Å². The summed E-state index contributed by atoms with van der Waals surface area (Å²) in [4.78, 5) is 0. The first kappa shape index (κ1) is 11.0. The predicted octanol–water partition coefficient (Wildman–Crippen LogP) is 0.407. The van der Waals surface area contributed by atoms with Gasteiger partial charge in [0.15, 0.2) is 0 Å². The molecule has 2 N–H and O–H groups in total.